The summed E-state index contributed by atoms with van der Waals surface area (Å²) in [7, 11) is 0. The molecule has 0 spiro atoms. The van der Waals surface area contributed by atoms with Crippen molar-refractivity contribution in [2.24, 2.45) is 0 Å². The molecular formula is C20H21N3O2S2. The van der Waals surface area contributed by atoms with E-state index in [1.807, 2.05) is 29.6 Å². The van der Waals surface area contributed by atoms with Crippen molar-refractivity contribution < 1.29 is 4.79 Å². The quantitative estimate of drug-likeness (QED) is 0.361. The number of rotatable bonds is 7. The van der Waals surface area contributed by atoms with Gasteiger partial charge in [0, 0.05) is 12.2 Å². The zero-order valence-corrected chi connectivity index (χ0v) is 16.9. The summed E-state index contributed by atoms with van der Waals surface area (Å²) in [6.07, 6.45) is 1.66. The highest BCUT2D eigenvalue weighted by molar-refractivity contribution is 7.99. The molecule has 0 fully saturated rings. The van der Waals surface area contributed by atoms with Gasteiger partial charge in [0.25, 0.3) is 5.56 Å². The molecule has 2 aromatic heterocycles. The average molecular weight is 400 g/mol. The van der Waals surface area contributed by atoms with Gasteiger partial charge in [-0.2, -0.15) is 0 Å². The van der Waals surface area contributed by atoms with E-state index in [2.05, 4.69) is 30.7 Å². The molecule has 2 heterocycles. The second-order valence-corrected chi connectivity index (χ2v) is 8.19. The fourth-order valence-electron chi connectivity index (χ4n) is 2.63. The summed E-state index contributed by atoms with van der Waals surface area (Å²) < 4.78 is 1.55. The Kier molecular flexibility index (Phi) is 6.13. The molecule has 1 amide bonds. The van der Waals surface area contributed by atoms with Crippen LogP contribution in [0.25, 0.3) is 10.2 Å². The molecule has 0 bridgehead atoms. The first-order chi connectivity index (χ1) is 13.0. The molecule has 0 aliphatic rings. The van der Waals surface area contributed by atoms with Crippen molar-refractivity contribution in [3.05, 3.63) is 64.3 Å². The van der Waals surface area contributed by atoms with E-state index >= 15 is 0 Å². The van der Waals surface area contributed by atoms with Crippen molar-refractivity contribution in [3.63, 3.8) is 0 Å². The van der Waals surface area contributed by atoms with E-state index < -0.39 is 0 Å². The van der Waals surface area contributed by atoms with Gasteiger partial charge in [0.05, 0.1) is 11.1 Å². The fraction of sp³-hybridized carbons (Fsp3) is 0.250. The van der Waals surface area contributed by atoms with Crippen molar-refractivity contribution >= 4 is 44.9 Å². The minimum Gasteiger partial charge on any atom is -0.325 e. The van der Waals surface area contributed by atoms with Gasteiger partial charge in [-0.05, 0) is 35.1 Å². The lowest BCUT2D eigenvalue weighted by Crippen LogP contribution is -2.23. The van der Waals surface area contributed by atoms with Gasteiger partial charge in [-0.1, -0.05) is 43.8 Å². The van der Waals surface area contributed by atoms with Crippen LogP contribution in [0.15, 0.2) is 58.3 Å². The van der Waals surface area contributed by atoms with Crippen LogP contribution in [0, 0.1) is 0 Å². The molecule has 0 saturated heterocycles. The van der Waals surface area contributed by atoms with Gasteiger partial charge < -0.3 is 5.32 Å². The Hall–Kier alpha value is -2.38. The van der Waals surface area contributed by atoms with Crippen LogP contribution in [0.2, 0.25) is 0 Å². The molecule has 1 aromatic carbocycles. The number of hydrogen-bond acceptors (Lipinski definition) is 5. The first kappa shape index (κ1) is 19.4. The smallest absolute Gasteiger partial charge is 0.263 e. The van der Waals surface area contributed by atoms with Crippen LogP contribution in [0.3, 0.4) is 0 Å². The third-order valence-electron chi connectivity index (χ3n) is 4.03. The maximum absolute atomic E-state index is 12.6. The predicted octanol–water partition coefficient (Wildman–Crippen LogP) is 4.50. The van der Waals surface area contributed by atoms with E-state index in [-0.39, 0.29) is 17.2 Å². The predicted molar refractivity (Wildman–Crippen MR) is 114 cm³/mol. The number of amides is 1. The Labute approximate surface area is 166 Å². The molecule has 27 heavy (non-hydrogen) atoms. The number of anilines is 1. The summed E-state index contributed by atoms with van der Waals surface area (Å²) in [4.78, 5) is 30.2. The van der Waals surface area contributed by atoms with Gasteiger partial charge in [-0.3, -0.25) is 14.2 Å². The minimum absolute atomic E-state index is 0.103. The minimum atomic E-state index is -0.133. The van der Waals surface area contributed by atoms with Crippen LogP contribution >= 0.6 is 23.1 Å². The Morgan fingerprint density at radius 1 is 1.41 bits per heavy atom. The first-order valence-electron chi connectivity index (χ1n) is 8.61. The highest BCUT2D eigenvalue weighted by Gasteiger charge is 2.13. The number of thiophene rings is 1. The van der Waals surface area contributed by atoms with Gasteiger partial charge in [0.2, 0.25) is 5.91 Å². The number of benzene rings is 1. The Morgan fingerprint density at radius 3 is 2.96 bits per heavy atom. The second kappa shape index (κ2) is 8.54. The monoisotopic (exact) mass is 399 g/mol. The molecule has 0 radical (unpaired) electrons. The van der Waals surface area contributed by atoms with E-state index in [4.69, 9.17) is 0 Å². The molecule has 0 atom stereocenters. The third kappa shape index (κ3) is 4.48. The van der Waals surface area contributed by atoms with Gasteiger partial charge in [0.1, 0.15) is 4.83 Å². The zero-order valence-electron chi connectivity index (χ0n) is 15.3. The molecule has 1 N–H and O–H groups in total. The topological polar surface area (TPSA) is 64.0 Å². The highest BCUT2D eigenvalue weighted by atomic mass is 32.2. The molecule has 3 rings (SSSR count). The molecule has 7 heteroatoms. The standard InChI is InChI=1S/C20H21N3O2S2/c1-4-9-23-19(25)16-8-10-26-18(16)22-20(23)27-12-17(24)21-15-7-5-6-14(11-15)13(2)3/h4-8,10-11,13H,1,9,12H2,2-3H3,(H,21,24). The molecule has 5 nitrogen and oxygen atoms in total. The molecule has 0 aliphatic carbocycles. The number of carbonyl (C=O) groups is 1. The summed E-state index contributed by atoms with van der Waals surface area (Å²) in [5.41, 5.74) is 1.84. The number of nitrogens with one attached hydrogen (secondary N) is 1. The molecule has 0 aliphatic heterocycles. The van der Waals surface area contributed by atoms with Gasteiger partial charge in [-0.25, -0.2) is 4.98 Å². The maximum Gasteiger partial charge on any atom is 0.263 e. The number of carbonyl (C=O) groups excluding carboxylic acids is 1. The maximum atomic E-state index is 12.6. The summed E-state index contributed by atoms with van der Waals surface area (Å²) in [5, 5.41) is 5.89. The van der Waals surface area contributed by atoms with Crippen molar-refractivity contribution in [2.45, 2.75) is 31.5 Å². The third-order valence-corrected chi connectivity index (χ3v) is 5.81. The second-order valence-electron chi connectivity index (χ2n) is 6.36. The van der Waals surface area contributed by atoms with Crippen LogP contribution in [0.4, 0.5) is 5.69 Å². The summed E-state index contributed by atoms with van der Waals surface area (Å²) in [5.74, 6) is 0.435. The average Bonchev–Trinajstić information content (AvgIpc) is 3.11. The number of hydrogen-bond donors (Lipinski definition) is 1. The number of aromatic nitrogens is 2. The van der Waals surface area contributed by atoms with E-state index in [1.54, 1.807) is 16.7 Å². The Bertz CT molecular complexity index is 1040. The number of allylic oxidation sites excluding steroid dienone is 1. The van der Waals surface area contributed by atoms with Crippen LogP contribution in [-0.2, 0) is 11.3 Å². The first-order valence-corrected chi connectivity index (χ1v) is 10.5. The zero-order chi connectivity index (χ0) is 19.4. The molecule has 3 aromatic rings. The molecule has 0 saturated carbocycles. The summed E-state index contributed by atoms with van der Waals surface area (Å²) >= 11 is 2.68. The Balaban J connectivity index is 1.75. The fourth-order valence-corrected chi connectivity index (χ4v) is 4.25. The lowest BCUT2D eigenvalue weighted by Gasteiger charge is -2.11. The van der Waals surface area contributed by atoms with Crippen LogP contribution in [0.5, 0.6) is 0 Å². The van der Waals surface area contributed by atoms with Crippen molar-refractivity contribution in [2.75, 3.05) is 11.1 Å². The van der Waals surface area contributed by atoms with Crippen LogP contribution in [0.1, 0.15) is 25.3 Å². The summed E-state index contributed by atoms with van der Waals surface area (Å²) in [6.45, 7) is 8.29. The number of thioether (sulfide) groups is 1. The van der Waals surface area contributed by atoms with Gasteiger partial charge >= 0.3 is 0 Å². The largest absolute Gasteiger partial charge is 0.325 e. The summed E-state index contributed by atoms with van der Waals surface area (Å²) in [6, 6.07) is 9.61. The Morgan fingerprint density at radius 2 is 2.22 bits per heavy atom. The van der Waals surface area contributed by atoms with Crippen LogP contribution in [-0.4, -0.2) is 21.2 Å². The lowest BCUT2D eigenvalue weighted by molar-refractivity contribution is -0.113. The lowest BCUT2D eigenvalue weighted by atomic mass is 10.0. The van der Waals surface area contributed by atoms with Crippen molar-refractivity contribution in [1.82, 2.24) is 9.55 Å². The number of nitrogens with zero attached hydrogens (tertiary/aromatic N) is 2. The normalized spacial score (nSPS) is 11.1. The molecule has 140 valence electrons. The van der Waals surface area contributed by atoms with Gasteiger partial charge in [-0.15, -0.1) is 17.9 Å². The highest BCUT2D eigenvalue weighted by Crippen LogP contribution is 2.22. The molecular weight excluding hydrogens is 378 g/mol. The van der Waals surface area contributed by atoms with E-state index in [0.29, 0.717) is 27.8 Å². The van der Waals surface area contributed by atoms with Gasteiger partial charge in [0.15, 0.2) is 5.16 Å². The van der Waals surface area contributed by atoms with Crippen molar-refractivity contribution in [3.8, 4) is 0 Å². The molecule has 0 unspecified atom stereocenters. The van der Waals surface area contributed by atoms with Crippen molar-refractivity contribution in [1.29, 1.82) is 0 Å². The van der Waals surface area contributed by atoms with E-state index in [0.717, 1.165) is 5.69 Å². The van der Waals surface area contributed by atoms with E-state index in [9.17, 15) is 9.59 Å². The number of fused-ring (bicyclic) bond motifs is 1. The SMILES string of the molecule is C=CCn1c(SCC(=O)Nc2cccc(C(C)C)c2)nc2sccc2c1=O. The van der Waals surface area contributed by atoms with E-state index in [1.165, 1.54) is 28.7 Å². The van der Waals surface area contributed by atoms with Crippen LogP contribution < -0.4 is 10.9 Å².